The Labute approximate surface area is 118 Å². The van der Waals surface area contributed by atoms with Gasteiger partial charge in [-0.3, -0.25) is 0 Å². The summed E-state index contributed by atoms with van der Waals surface area (Å²) in [6.07, 6.45) is 4.07. The third-order valence-corrected chi connectivity index (χ3v) is 4.63. The molecule has 0 spiro atoms. The van der Waals surface area contributed by atoms with Gasteiger partial charge in [0, 0.05) is 31.8 Å². The van der Waals surface area contributed by atoms with Gasteiger partial charge in [0.25, 0.3) is 0 Å². The number of hydrogen-bond donors (Lipinski definition) is 0. The van der Waals surface area contributed by atoms with E-state index in [2.05, 4.69) is 26.6 Å². The predicted molar refractivity (Wildman–Crippen MR) is 71.8 cm³/mol. The van der Waals surface area contributed by atoms with E-state index in [0.717, 1.165) is 44.8 Å². The van der Waals surface area contributed by atoms with Crippen LogP contribution in [0.4, 0.5) is 8.78 Å². The molecule has 20 heavy (non-hydrogen) atoms. The number of halogens is 2. The van der Waals surface area contributed by atoms with Crippen LogP contribution in [0.2, 0.25) is 0 Å². The van der Waals surface area contributed by atoms with Gasteiger partial charge >= 0.3 is 0 Å². The minimum absolute atomic E-state index is 0.0804. The van der Waals surface area contributed by atoms with Crippen LogP contribution < -0.4 is 0 Å². The van der Waals surface area contributed by atoms with Crippen LogP contribution in [-0.2, 0) is 6.54 Å². The van der Waals surface area contributed by atoms with Crippen LogP contribution >= 0.6 is 0 Å². The molecule has 0 radical (unpaired) electrons. The van der Waals surface area contributed by atoms with Crippen LogP contribution in [0.5, 0.6) is 0 Å². The summed E-state index contributed by atoms with van der Waals surface area (Å²) in [4.78, 5) is 2.34. The van der Waals surface area contributed by atoms with E-state index in [-0.39, 0.29) is 18.8 Å². The van der Waals surface area contributed by atoms with Crippen molar-refractivity contribution in [3.8, 4) is 0 Å². The molecule has 2 heterocycles. The van der Waals surface area contributed by atoms with Crippen molar-refractivity contribution in [2.45, 2.75) is 51.0 Å². The molecule has 112 valence electrons. The number of likely N-dealkylation sites (tertiary alicyclic amines) is 1. The summed E-state index contributed by atoms with van der Waals surface area (Å²) < 4.78 is 27.8. The highest BCUT2D eigenvalue weighted by atomic mass is 19.3. The lowest BCUT2D eigenvalue weighted by Gasteiger charge is -2.40. The second-order valence-electron chi connectivity index (χ2n) is 6.18. The molecular formula is C14H22F2N4. The summed E-state index contributed by atoms with van der Waals surface area (Å²) >= 11 is 0. The molecule has 6 heteroatoms. The number of alkyl halides is 2. The maximum Gasteiger partial charge on any atom is 0.248 e. The van der Waals surface area contributed by atoms with Crippen molar-refractivity contribution in [2.24, 2.45) is 5.92 Å². The Morgan fingerprint density at radius 2 is 2.00 bits per heavy atom. The van der Waals surface area contributed by atoms with Gasteiger partial charge in [-0.1, -0.05) is 0 Å². The Balaban J connectivity index is 1.48. The van der Waals surface area contributed by atoms with Gasteiger partial charge in [-0.2, -0.15) is 0 Å². The van der Waals surface area contributed by atoms with Crippen LogP contribution in [0.15, 0.2) is 6.33 Å². The van der Waals surface area contributed by atoms with E-state index >= 15 is 0 Å². The monoisotopic (exact) mass is 284 g/mol. The van der Waals surface area contributed by atoms with Crippen molar-refractivity contribution in [2.75, 3.05) is 19.6 Å². The summed E-state index contributed by atoms with van der Waals surface area (Å²) in [5, 5.41) is 8.23. The molecule has 0 amide bonds. The molecule has 1 aliphatic carbocycles. The molecule has 1 aromatic rings. The molecule has 0 N–H and O–H groups in total. The summed E-state index contributed by atoms with van der Waals surface area (Å²) in [6, 6.07) is 0. The second kappa shape index (κ2) is 5.39. The zero-order valence-corrected chi connectivity index (χ0v) is 11.9. The maximum absolute atomic E-state index is 12.8. The van der Waals surface area contributed by atoms with Gasteiger partial charge in [0.05, 0.1) is 0 Å². The lowest BCUT2D eigenvalue weighted by atomic mass is 9.80. The first-order valence-electron chi connectivity index (χ1n) is 7.55. The molecule has 1 aliphatic heterocycles. The fourth-order valence-corrected chi connectivity index (χ4v) is 3.48. The van der Waals surface area contributed by atoms with Crippen molar-refractivity contribution in [1.82, 2.24) is 19.7 Å². The highest BCUT2D eigenvalue weighted by Gasteiger charge is 2.45. The topological polar surface area (TPSA) is 34.0 Å². The molecule has 1 saturated heterocycles. The Bertz CT molecular complexity index is 444. The molecule has 1 saturated carbocycles. The molecule has 0 atom stereocenters. The third-order valence-electron chi connectivity index (χ3n) is 4.63. The van der Waals surface area contributed by atoms with E-state index in [4.69, 9.17) is 0 Å². The van der Waals surface area contributed by atoms with Crippen LogP contribution in [-0.4, -0.2) is 45.2 Å². The summed E-state index contributed by atoms with van der Waals surface area (Å²) in [5.41, 5.74) is 0. The molecular weight excluding hydrogens is 262 g/mol. The van der Waals surface area contributed by atoms with Gasteiger partial charge in [0.2, 0.25) is 5.92 Å². The van der Waals surface area contributed by atoms with E-state index < -0.39 is 5.92 Å². The SMILES string of the molecule is CCn1cnnc1C1CCN(CC2CC(F)(F)C2)CC1. The van der Waals surface area contributed by atoms with Crippen molar-refractivity contribution < 1.29 is 8.78 Å². The van der Waals surface area contributed by atoms with Gasteiger partial charge in [0.1, 0.15) is 12.2 Å². The second-order valence-corrected chi connectivity index (χ2v) is 6.18. The van der Waals surface area contributed by atoms with E-state index in [1.165, 1.54) is 0 Å². The Kier molecular flexibility index (Phi) is 3.75. The quantitative estimate of drug-likeness (QED) is 0.852. The van der Waals surface area contributed by atoms with Crippen LogP contribution in [0.1, 0.15) is 44.3 Å². The number of nitrogens with zero attached hydrogens (tertiary/aromatic N) is 4. The number of hydrogen-bond acceptors (Lipinski definition) is 3. The zero-order valence-electron chi connectivity index (χ0n) is 11.9. The highest BCUT2D eigenvalue weighted by Crippen LogP contribution is 2.43. The molecule has 2 aliphatic rings. The van der Waals surface area contributed by atoms with E-state index in [9.17, 15) is 8.78 Å². The normalized spacial score (nSPS) is 24.8. The van der Waals surface area contributed by atoms with Gasteiger partial charge in [-0.05, 0) is 38.8 Å². The van der Waals surface area contributed by atoms with E-state index in [0.29, 0.717) is 5.92 Å². The summed E-state index contributed by atoms with van der Waals surface area (Å²) in [5.74, 6) is -0.639. The summed E-state index contributed by atoms with van der Waals surface area (Å²) in [6.45, 7) is 5.81. The van der Waals surface area contributed by atoms with Crippen molar-refractivity contribution in [3.63, 3.8) is 0 Å². The highest BCUT2D eigenvalue weighted by molar-refractivity contribution is 4.99. The minimum atomic E-state index is -2.39. The largest absolute Gasteiger partial charge is 0.318 e. The van der Waals surface area contributed by atoms with E-state index in [1.807, 2.05) is 0 Å². The third kappa shape index (κ3) is 2.85. The van der Waals surface area contributed by atoms with Gasteiger partial charge in [-0.25, -0.2) is 8.78 Å². The Hall–Kier alpha value is -1.04. The van der Waals surface area contributed by atoms with Crippen LogP contribution in [0.3, 0.4) is 0 Å². The molecule has 0 bridgehead atoms. The van der Waals surface area contributed by atoms with Gasteiger partial charge in [0.15, 0.2) is 0 Å². The maximum atomic E-state index is 12.8. The van der Waals surface area contributed by atoms with Crippen LogP contribution in [0, 0.1) is 5.92 Å². The summed E-state index contributed by atoms with van der Waals surface area (Å²) in [7, 11) is 0. The molecule has 3 rings (SSSR count). The van der Waals surface area contributed by atoms with Gasteiger partial charge < -0.3 is 9.47 Å². The van der Waals surface area contributed by atoms with Crippen molar-refractivity contribution in [1.29, 1.82) is 0 Å². The Morgan fingerprint density at radius 1 is 1.30 bits per heavy atom. The predicted octanol–water partition coefficient (Wildman–Crippen LogP) is 2.52. The van der Waals surface area contributed by atoms with Crippen molar-refractivity contribution >= 4 is 0 Å². The molecule has 0 aromatic carbocycles. The molecule has 1 aromatic heterocycles. The number of rotatable bonds is 4. The smallest absolute Gasteiger partial charge is 0.248 e. The van der Waals surface area contributed by atoms with Gasteiger partial charge in [-0.15, -0.1) is 10.2 Å². The van der Waals surface area contributed by atoms with Crippen LogP contribution in [0.25, 0.3) is 0 Å². The lowest BCUT2D eigenvalue weighted by molar-refractivity contribution is -0.117. The molecule has 2 fully saturated rings. The molecule has 0 unspecified atom stereocenters. The minimum Gasteiger partial charge on any atom is -0.318 e. The number of aryl methyl sites for hydroxylation is 1. The fourth-order valence-electron chi connectivity index (χ4n) is 3.48. The average Bonchev–Trinajstić information content (AvgIpc) is 2.86. The first-order valence-corrected chi connectivity index (χ1v) is 7.55. The van der Waals surface area contributed by atoms with Crippen molar-refractivity contribution in [3.05, 3.63) is 12.2 Å². The lowest BCUT2D eigenvalue weighted by Crippen LogP contribution is -2.44. The number of aromatic nitrogens is 3. The first kappa shape index (κ1) is 13.9. The zero-order chi connectivity index (χ0) is 14.2. The standard InChI is InChI=1S/C14H22F2N4/c1-2-20-10-17-18-13(20)12-3-5-19(6-4-12)9-11-7-14(15,16)8-11/h10-12H,2-9H2,1H3. The Morgan fingerprint density at radius 3 is 2.60 bits per heavy atom. The average molecular weight is 284 g/mol. The number of piperidine rings is 1. The fraction of sp³-hybridized carbons (Fsp3) is 0.857. The van der Waals surface area contributed by atoms with E-state index in [1.54, 1.807) is 6.33 Å². The molecule has 4 nitrogen and oxygen atoms in total. The first-order chi connectivity index (χ1) is 9.57.